The maximum atomic E-state index is 4.03. The summed E-state index contributed by atoms with van der Waals surface area (Å²) in [6.45, 7) is 0. The average molecular weight is 238 g/mol. The molecule has 0 amide bonds. The standard InChI is InChI=1S/C9H9BN3S.2H2O/c1-11-9-13-12-8(14-9)10-7-5-3-2-4-6-7;;/h2-6H,1H3,(H,11,13);2*1H2. The van der Waals surface area contributed by atoms with Crippen LogP contribution in [0.25, 0.3) is 0 Å². The minimum Gasteiger partial charge on any atom is -0.412 e. The summed E-state index contributed by atoms with van der Waals surface area (Å²) in [4.78, 5) is 0.917. The van der Waals surface area contributed by atoms with Gasteiger partial charge in [0, 0.05) is 7.05 Å². The van der Waals surface area contributed by atoms with E-state index in [1.165, 1.54) is 11.3 Å². The molecule has 2 aromatic rings. The van der Waals surface area contributed by atoms with Gasteiger partial charge in [-0.2, -0.15) is 5.10 Å². The summed E-state index contributed by atoms with van der Waals surface area (Å²) in [6.07, 6.45) is 0. The number of rotatable bonds is 3. The minimum absolute atomic E-state index is 0. The Hall–Kier alpha value is -1.44. The number of benzene rings is 1. The lowest BCUT2D eigenvalue weighted by Gasteiger charge is -1.92. The predicted octanol–water partition coefficient (Wildman–Crippen LogP) is -1.41. The molecule has 0 aliphatic heterocycles. The smallest absolute Gasteiger partial charge is 0.233 e. The number of nitrogens with zero attached hydrogens (tertiary/aromatic N) is 2. The molecule has 0 aliphatic carbocycles. The SMILES string of the molecule is CNc1nnc([B]c2ccccc2)s1.O.O. The van der Waals surface area contributed by atoms with Gasteiger partial charge in [-0.25, -0.2) is 0 Å². The number of hydrogen-bond acceptors (Lipinski definition) is 4. The Kier molecular flexibility index (Phi) is 6.32. The Balaban J connectivity index is 0.00000112. The molecule has 16 heavy (non-hydrogen) atoms. The second-order valence-corrected chi connectivity index (χ2v) is 3.76. The lowest BCUT2D eigenvalue weighted by atomic mass is 9.71. The fourth-order valence-electron chi connectivity index (χ4n) is 1.09. The molecular weight excluding hydrogens is 225 g/mol. The van der Waals surface area contributed by atoms with Crippen LogP contribution in [0.15, 0.2) is 30.3 Å². The maximum absolute atomic E-state index is 4.03. The Bertz CT molecular complexity index is 410. The van der Waals surface area contributed by atoms with Crippen molar-refractivity contribution in [1.29, 1.82) is 0 Å². The van der Waals surface area contributed by atoms with Crippen LogP contribution in [0.5, 0.6) is 0 Å². The van der Waals surface area contributed by atoms with E-state index in [2.05, 4.69) is 15.5 Å². The third-order valence-electron chi connectivity index (χ3n) is 1.74. The van der Waals surface area contributed by atoms with E-state index in [1.54, 1.807) is 0 Å². The third-order valence-corrected chi connectivity index (χ3v) is 2.63. The van der Waals surface area contributed by atoms with Crippen LogP contribution >= 0.6 is 11.3 Å². The van der Waals surface area contributed by atoms with Crippen LogP contribution in [0.4, 0.5) is 5.13 Å². The Morgan fingerprint density at radius 3 is 2.38 bits per heavy atom. The van der Waals surface area contributed by atoms with Gasteiger partial charge in [-0.05, 0) is 0 Å². The molecule has 0 spiro atoms. The maximum Gasteiger partial charge on any atom is 0.233 e. The highest BCUT2D eigenvalue weighted by atomic mass is 32.1. The van der Waals surface area contributed by atoms with Gasteiger partial charge >= 0.3 is 0 Å². The lowest BCUT2D eigenvalue weighted by Crippen LogP contribution is -2.26. The van der Waals surface area contributed by atoms with E-state index in [-0.39, 0.29) is 11.0 Å². The minimum atomic E-state index is 0. The molecule has 2 rings (SSSR count). The van der Waals surface area contributed by atoms with Crippen LogP contribution in [-0.4, -0.2) is 35.5 Å². The fourth-order valence-corrected chi connectivity index (χ4v) is 1.74. The molecule has 7 heteroatoms. The van der Waals surface area contributed by atoms with Gasteiger partial charge in [0.25, 0.3) is 0 Å². The molecule has 1 heterocycles. The number of aromatic nitrogens is 2. The van der Waals surface area contributed by atoms with E-state index in [0.29, 0.717) is 0 Å². The first-order valence-corrected chi connectivity index (χ1v) is 5.11. The molecule has 0 aliphatic rings. The zero-order valence-electron chi connectivity index (χ0n) is 8.77. The molecule has 0 fully saturated rings. The van der Waals surface area contributed by atoms with Crippen LogP contribution in [0.1, 0.15) is 0 Å². The zero-order chi connectivity index (χ0) is 9.80. The third kappa shape index (κ3) is 3.61. The fraction of sp³-hybridized carbons (Fsp3) is 0.111. The zero-order valence-corrected chi connectivity index (χ0v) is 9.58. The molecule has 1 radical (unpaired) electrons. The first-order valence-electron chi connectivity index (χ1n) is 4.29. The van der Waals surface area contributed by atoms with Crippen molar-refractivity contribution >= 4 is 34.1 Å². The molecule has 0 saturated heterocycles. The lowest BCUT2D eigenvalue weighted by molar-refractivity contribution is 0.823. The van der Waals surface area contributed by atoms with Crippen molar-refractivity contribution in [2.45, 2.75) is 0 Å². The summed E-state index contributed by atoms with van der Waals surface area (Å²) in [7, 11) is 3.85. The molecule has 0 saturated carbocycles. The van der Waals surface area contributed by atoms with Crippen molar-refractivity contribution in [2.75, 3.05) is 12.4 Å². The van der Waals surface area contributed by atoms with E-state index >= 15 is 0 Å². The molecule has 85 valence electrons. The van der Waals surface area contributed by atoms with Crippen molar-refractivity contribution in [3.63, 3.8) is 0 Å². The first-order chi connectivity index (χ1) is 6.88. The first kappa shape index (κ1) is 14.6. The van der Waals surface area contributed by atoms with E-state index in [0.717, 1.165) is 15.5 Å². The van der Waals surface area contributed by atoms with Gasteiger partial charge in [-0.3, -0.25) is 0 Å². The summed E-state index contributed by atoms with van der Waals surface area (Å²) in [5.74, 6) is 0. The summed E-state index contributed by atoms with van der Waals surface area (Å²) < 4.78 is 0. The summed E-state index contributed by atoms with van der Waals surface area (Å²) in [6, 6.07) is 10.1. The summed E-state index contributed by atoms with van der Waals surface area (Å²) >= 11 is 1.54. The largest absolute Gasteiger partial charge is 0.412 e. The van der Waals surface area contributed by atoms with E-state index in [9.17, 15) is 0 Å². The van der Waals surface area contributed by atoms with Crippen molar-refractivity contribution < 1.29 is 11.0 Å². The molecule has 1 aromatic carbocycles. The quantitative estimate of drug-likeness (QED) is 0.664. The number of anilines is 1. The molecule has 1 aromatic heterocycles. The van der Waals surface area contributed by atoms with E-state index < -0.39 is 0 Å². The topological polar surface area (TPSA) is 101 Å². The monoisotopic (exact) mass is 238 g/mol. The highest BCUT2D eigenvalue weighted by Gasteiger charge is 2.04. The molecule has 5 N–H and O–H groups in total. The van der Waals surface area contributed by atoms with E-state index in [4.69, 9.17) is 0 Å². The Morgan fingerprint density at radius 2 is 1.81 bits per heavy atom. The van der Waals surface area contributed by atoms with Crippen LogP contribution in [0.2, 0.25) is 0 Å². The highest BCUT2D eigenvalue weighted by molar-refractivity contribution is 7.24. The van der Waals surface area contributed by atoms with Gasteiger partial charge in [-0.15, -0.1) is 5.10 Å². The van der Waals surface area contributed by atoms with Crippen molar-refractivity contribution in [2.24, 2.45) is 0 Å². The molecular formula is C9H13BN3O2S. The van der Waals surface area contributed by atoms with Crippen molar-refractivity contribution in [1.82, 2.24) is 10.2 Å². The predicted molar refractivity (Wildman–Crippen MR) is 68.1 cm³/mol. The number of hydrogen-bond donors (Lipinski definition) is 1. The van der Waals surface area contributed by atoms with E-state index in [1.807, 2.05) is 44.7 Å². The number of nitrogens with one attached hydrogen (secondary N) is 1. The molecule has 0 atom stereocenters. The second-order valence-electron chi connectivity index (χ2n) is 2.75. The molecule has 0 unspecified atom stereocenters. The Labute approximate surface area is 98.4 Å². The Morgan fingerprint density at radius 1 is 1.12 bits per heavy atom. The highest BCUT2D eigenvalue weighted by Crippen LogP contribution is 2.03. The molecule has 5 nitrogen and oxygen atoms in total. The van der Waals surface area contributed by atoms with Crippen molar-refractivity contribution in [3.8, 4) is 0 Å². The molecule has 0 bridgehead atoms. The van der Waals surface area contributed by atoms with Gasteiger partial charge in [0.2, 0.25) is 12.4 Å². The average Bonchev–Trinajstić information content (AvgIpc) is 2.67. The summed E-state index contributed by atoms with van der Waals surface area (Å²) in [5, 5.41) is 11.8. The van der Waals surface area contributed by atoms with Gasteiger partial charge in [0.1, 0.15) is 0 Å². The van der Waals surface area contributed by atoms with Crippen LogP contribution in [0, 0.1) is 0 Å². The van der Waals surface area contributed by atoms with Crippen LogP contribution in [0.3, 0.4) is 0 Å². The van der Waals surface area contributed by atoms with Crippen LogP contribution in [-0.2, 0) is 0 Å². The van der Waals surface area contributed by atoms with Crippen molar-refractivity contribution in [3.05, 3.63) is 30.3 Å². The van der Waals surface area contributed by atoms with Gasteiger partial charge in [0.05, 0.1) is 4.91 Å². The summed E-state index contributed by atoms with van der Waals surface area (Å²) in [5.41, 5.74) is 1.14. The van der Waals surface area contributed by atoms with Gasteiger partial charge in [0.15, 0.2) is 0 Å². The second kappa shape index (κ2) is 6.94. The van der Waals surface area contributed by atoms with Crippen LogP contribution < -0.4 is 15.7 Å². The van der Waals surface area contributed by atoms with Gasteiger partial charge < -0.3 is 16.3 Å². The van der Waals surface area contributed by atoms with Gasteiger partial charge in [-0.1, -0.05) is 47.1 Å². The normalized spacial score (nSPS) is 8.56.